The van der Waals surface area contributed by atoms with Crippen molar-refractivity contribution in [3.05, 3.63) is 70.5 Å². The SMILES string of the molecule is CC1(C)CCSc2ccc(C(C=Cc3ccc(C(=O)O)cc3F)=NO)cc21. The van der Waals surface area contributed by atoms with Crippen LogP contribution in [-0.4, -0.2) is 27.7 Å². The Labute approximate surface area is 161 Å². The van der Waals surface area contributed by atoms with Crippen LogP contribution in [0, 0.1) is 5.82 Å². The number of oxime groups is 1. The van der Waals surface area contributed by atoms with Crippen LogP contribution >= 0.6 is 11.8 Å². The number of thioether (sulfide) groups is 1. The van der Waals surface area contributed by atoms with Gasteiger partial charge in [0.1, 0.15) is 11.5 Å². The summed E-state index contributed by atoms with van der Waals surface area (Å²) in [4.78, 5) is 12.1. The number of carboxylic acid groups (broad SMARTS) is 1. The van der Waals surface area contributed by atoms with E-state index in [1.165, 1.54) is 34.7 Å². The maximum absolute atomic E-state index is 14.1. The van der Waals surface area contributed by atoms with Crippen LogP contribution < -0.4 is 0 Å². The third-order valence-corrected chi connectivity index (χ3v) is 5.84. The summed E-state index contributed by atoms with van der Waals surface area (Å²) >= 11 is 1.82. The van der Waals surface area contributed by atoms with Gasteiger partial charge in [0, 0.05) is 16.0 Å². The van der Waals surface area contributed by atoms with E-state index >= 15 is 0 Å². The van der Waals surface area contributed by atoms with E-state index in [4.69, 9.17) is 5.11 Å². The second-order valence-electron chi connectivity index (χ2n) is 7.05. The number of benzene rings is 2. The smallest absolute Gasteiger partial charge is 0.335 e. The lowest BCUT2D eigenvalue weighted by molar-refractivity contribution is 0.0696. The van der Waals surface area contributed by atoms with Gasteiger partial charge >= 0.3 is 5.97 Å². The number of fused-ring (bicyclic) bond motifs is 1. The van der Waals surface area contributed by atoms with Crippen LogP contribution in [0.3, 0.4) is 0 Å². The Hall–Kier alpha value is -2.60. The molecule has 2 aromatic rings. The summed E-state index contributed by atoms with van der Waals surface area (Å²) < 4.78 is 14.1. The predicted octanol–water partition coefficient (Wildman–Crippen LogP) is 5.19. The van der Waals surface area contributed by atoms with Crippen LogP contribution in [0.5, 0.6) is 0 Å². The zero-order valence-corrected chi connectivity index (χ0v) is 15.9. The highest BCUT2D eigenvalue weighted by Gasteiger charge is 2.28. The number of carboxylic acids is 1. The fraction of sp³-hybridized carbons (Fsp3) is 0.238. The zero-order chi connectivity index (χ0) is 19.6. The lowest BCUT2D eigenvalue weighted by Gasteiger charge is -2.32. The Morgan fingerprint density at radius 1 is 1.22 bits per heavy atom. The van der Waals surface area contributed by atoms with Crippen molar-refractivity contribution in [1.82, 2.24) is 0 Å². The van der Waals surface area contributed by atoms with Gasteiger partial charge in [-0.2, -0.15) is 0 Å². The Balaban J connectivity index is 1.91. The monoisotopic (exact) mass is 385 g/mol. The average molecular weight is 385 g/mol. The van der Waals surface area contributed by atoms with Gasteiger partial charge in [0.15, 0.2) is 0 Å². The van der Waals surface area contributed by atoms with Crippen molar-refractivity contribution < 1.29 is 19.5 Å². The van der Waals surface area contributed by atoms with Crippen molar-refractivity contribution in [3.63, 3.8) is 0 Å². The summed E-state index contributed by atoms with van der Waals surface area (Å²) in [5.74, 6) is -0.755. The number of allylic oxidation sites excluding steroid dienone is 1. The number of hydrogen-bond acceptors (Lipinski definition) is 4. The summed E-state index contributed by atoms with van der Waals surface area (Å²) in [6.07, 6.45) is 4.05. The molecule has 2 N–H and O–H groups in total. The quantitative estimate of drug-likeness (QED) is 0.432. The van der Waals surface area contributed by atoms with Gasteiger partial charge < -0.3 is 10.3 Å². The van der Waals surface area contributed by atoms with Gasteiger partial charge in [-0.05, 0) is 59.6 Å². The van der Waals surface area contributed by atoms with E-state index in [2.05, 4.69) is 19.0 Å². The number of halogens is 1. The molecule has 2 aromatic carbocycles. The van der Waals surface area contributed by atoms with E-state index in [0.29, 0.717) is 5.71 Å². The molecule has 0 fully saturated rings. The highest BCUT2D eigenvalue weighted by Crippen LogP contribution is 2.41. The second-order valence-corrected chi connectivity index (χ2v) is 8.19. The largest absolute Gasteiger partial charge is 0.478 e. The first kappa shape index (κ1) is 19.2. The third kappa shape index (κ3) is 4.06. The van der Waals surface area contributed by atoms with Crippen LogP contribution in [0.4, 0.5) is 4.39 Å². The van der Waals surface area contributed by atoms with E-state index in [-0.39, 0.29) is 16.5 Å². The van der Waals surface area contributed by atoms with Gasteiger partial charge in [0.05, 0.1) is 5.56 Å². The molecule has 140 valence electrons. The number of carbonyl (C=O) groups is 1. The average Bonchev–Trinajstić information content (AvgIpc) is 2.63. The fourth-order valence-electron chi connectivity index (χ4n) is 3.05. The lowest BCUT2D eigenvalue weighted by atomic mass is 9.81. The molecule has 1 aliphatic rings. The normalized spacial score (nSPS) is 16.3. The highest BCUT2D eigenvalue weighted by molar-refractivity contribution is 7.99. The summed E-state index contributed by atoms with van der Waals surface area (Å²) in [5, 5.41) is 21.7. The Morgan fingerprint density at radius 2 is 1.96 bits per heavy atom. The molecule has 0 atom stereocenters. The molecular formula is C21H20FNO3S. The number of hydrogen-bond donors (Lipinski definition) is 2. The van der Waals surface area contributed by atoms with Crippen LogP contribution in [0.1, 0.15) is 47.3 Å². The van der Waals surface area contributed by atoms with E-state index in [0.717, 1.165) is 23.8 Å². The lowest BCUT2D eigenvalue weighted by Crippen LogP contribution is -2.23. The minimum Gasteiger partial charge on any atom is -0.478 e. The minimum atomic E-state index is -1.18. The predicted molar refractivity (Wildman–Crippen MR) is 106 cm³/mol. The second kappa shape index (κ2) is 7.56. The molecule has 0 amide bonds. The maximum Gasteiger partial charge on any atom is 0.335 e. The van der Waals surface area contributed by atoms with Gasteiger partial charge in [0.25, 0.3) is 0 Å². The molecule has 0 saturated carbocycles. The van der Waals surface area contributed by atoms with Gasteiger partial charge in [-0.15, -0.1) is 11.8 Å². The van der Waals surface area contributed by atoms with E-state index in [9.17, 15) is 14.4 Å². The highest BCUT2D eigenvalue weighted by atomic mass is 32.2. The van der Waals surface area contributed by atoms with E-state index < -0.39 is 11.8 Å². The van der Waals surface area contributed by atoms with Crippen LogP contribution in [0.2, 0.25) is 0 Å². The number of rotatable bonds is 4. The molecule has 0 aromatic heterocycles. The van der Waals surface area contributed by atoms with Crippen molar-refractivity contribution in [2.75, 3.05) is 5.75 Å². The van der Waals surface area contributed by atoms with Crippen molar-refractivity contribution in [2.45, 2.75) is 30.6 Å². The number of aromatic carboxylic acids is 1. The first-order valence-electron chi connectivity index (χ1n) is 8.52. The van der Waals surface area contributed by atoms with E-state index in [1.807, 2.05) is 30.0 Å². The van der Waals surface area contributed by atoms with Crippen LogP contribution in [0.25, 0.3) is 6.08 Å². The van der Waals surface area contributed by atoms with Crippen molar-refractivity contribution in [1.29, 1.82) is 0 Å². The summed E-state index contributed by atoms with van der Waals surface area (Å²) in [6.45, 7) is 4.39. The molecular weight excluding hydrogens is 365 g/mol. The molecule has 0 radical (unpaired) electrons. The van der Waals surface area contributed by atoms with Crippen molar-refractivity contribution in [3.8, 4) is 0 Å². The fourth-order valence-corrected chi connectivity index (χ4v) is 4.53. The standard InChI is InChI=1S/C21H20FNO3S/c1-21(2)9-10-27-19-8-6-14(11-16(19)21)18(23-26)7-5-13-3-4-15(20(24)25)12-17(13)22/h3-8,11-12,26H,9-10H2,1-2H3,(H,24,25). The number of nitrogens with zero attached hydrogens (tertiary/aromatic N) is 1. The molecule has 6 heteroatoms. The first-order valence-corrected chi connectivity index (χ1v) is 9.51. The Morgan fingerprint density at radius 3 is 2.63 bits per heavy atom. The molecule has 1 heterocycles. The van der Waals surface area contributed by atoms with Gasteiger partial charge in [-0.25, -0.2) is 9.18 Å². The van der Waals surface area contributed by atoms with E-state index in [1.54, 1.807) is 0 Å². The maximum atomic E-state index is 14.1. The van der Waals surface area contributed by atoms with Gasteiger partial charge in [0.2, 0.25) is 0 Å². The van der Waals surface area contributed by atoms with Crippen LogP contribution in [-0.2, 0) is 5.41 Å². The molecule has 3 rings (SSSR count). The Kier molecular flexibility index (Phi) is 5.37. The molecule has 27 heavy (non-hydrogen) atoms. The molecule has 0 aliphatic carbocycles. The molecule has 0 spiro atoms. The molecule has 0 saturated heterocycles. The third-order valence-electron chi connectivity index (χ3n) is 4.76. The minimum absolute atomic E-state index is 0.0413. The summed E-state index contributed by atoms with van der Waals surface area (Å²) in [6, 6.07) is 9.62. The summed E-state index contributed by atoms with van der Waals surface area (Å²) in [5.41, 5.74) is 2.41. The molecule has 0 bridgehead atoms. The summed E-state index contributed by atoms with van der Waals surface area (Å²) in [7, 11) is 0. The molecule has 4 nitrogen and oxygen atoms in total. The van der Waals surface area contributed by atoms with Gasteiger partial charge in [-0.3, -0.25) is 0 Å². The molecule has 1 aliphatic heterocycles. The topological polar surface area (TPSA) is 69.9 Å². The van der Waals surface area contributed by atoms with Crippen molar-refractivity contribution >= 4 is 29.5 Å². The van der Waals surface area contributed by atoms with Crippen molar-refractivity contribution in [2.24, 2.45) is 5.16 Å². The first-order chi connectivity index (χ1) is 12.8. The van der Waals surface area contributed by atoms with Crippen LogP contribution in [0.15, 0.2) is 52.5 Å². The zero-order valence-electron chi connectivity index (χ0n) is 15.1. The Bertz CT molecular complexity index is 950. The van der Waals surface area contributed by atoms with Gasteiger partial charge in [-0.1, -0.05) is 31.1 Å². The molecule has 0 unspecified atom stereocenters.